The Morgan fingerprint density at radius 2 is 1.45 bits per heavy atom. The molecule has 1 aliphatic rings. The highest BCUT2D eigenvalue weighted by atomic mass is 35.5. The summed E-state index contributed by atoms with van der Waals surface area (Å²) in [4.78, 5) is 25.6. The zero-order valence-corrected chi connectivity index (χ0v) is 19.2. The molecule has 0 unspecified atom stereocenters. The van der Waals surface area contributed by atoms with Crippen molar-refractivity contribution in [2.75, 3.05) is 13.7 Å². The number of hydrogen-bond donors (Lipinski definition) is 1. The second-order valence-corrected chi connectivity index (χ2v) is 7.49. The number of nitro benzene ring substituents is 2. The second-order valence-electron chi connectivity index (χ2n) is 7.49. The Morgan fingerprint density at radius 3 is 1.91 bits per heavy atom. The number of hydrogen-bond acceptors (Lipinski definition) is 7. The first-order chi connectivity index (χ1) is 14.9. The number of nitrogens with zero attached hydrogens (tertiary/aromatic N) is 3. The minimum atomic E-state index is -0.457. The molecule has 0 saturated heterocycles. The SMILES string of the molecule is CNC1(COc2cnc(-c3ccc([N+](=O)[O-])cc3)c(-c3ccc([N+](=O)[O-])cc3)c2)CC1.Cl.Cl. The van der Waals surface area contributed by atoms with Crippen molar-refractivity contribution in [2.24, 2.45) is 0 Å². The van der Waals surface area contributed by atoms with Gasteiger partial charge in [0.2, 0.25) is 0 Å². The molecule has 0 amide bonds. The van der Waals surface area contributed by atoms with Crippen LogP contribution in [0.3, 0.4) is 0 Å². The molecule has 33 heavy (non-hydrogen) atoms. The summed E-state index contributed by atoms with van der Waals surface area (Å²) in [6.07, 6.45) is 3.72. The van der Waals surface area contributed by atoms with Crippen molar-refractivity contribution in [1.82, 2.24) is 10.3 Å². The van der Waals surface area contributed by atoms with Gasteiger partial charge in [-0.25, -0.2) is 0 Å². The van der Waals surface area contributed by atoms with E-state index in [-0.39, 0.29) is 41.7 Å². The molecule has 4 rings (SSSR count). The first-order valence-corrected chi connectivity index (χ1v) is 9.72. The summed E-state index contributed by atoms with van der Waals surface area (Å²) in [6.45, 7) is 0.516. The lowest BCUT2D eigenvalue weighted by atomic mass is 9.99. The Balaban J connectivity index is 0.00000193. The van der Waals surface area contributed by atoms with Crippen LogP contribution in [0, 0.1) is 20.2 Å². The Morgan fingerprint density at radius 1 is 0.939 bits per heavy atom. The van der Waals surface area contributed by atoms with Crippen LogP contribution in [0.1, 0.15) is 12.8 Å². The number of halogens is 2. The van der Waals surface area contributed by atoms with Crippen LogP contribution in [0.2, 0.25) is 0 Å². The molecular formula is C22H22Cl2N4O5. The van der Waals surface area contributed by atoms with E-state index >= 15 is 0 Å². The molecule has 1 aromatic heterocycles. The van der Waals surface area contributed by atoms with E-state index in [4.69, 9.17) is 4.74 Å². The van der Waals surface area contributed by atoms with E-state index in [9.17, 15) is 20.2 Å². The third-order valence-corrected chi connectivity index (χ3v) is 5.50. The minimum absolute atomic E-state index is 0. The molecule has 1 saturated carbocycles. The number of ether oxygens (including phenoxy) is 1. The quantitative estimate of drug-likeness (QED) is 0.338. The summed E-state index contributed by atoms with van der Waals surface area (Å²) in [6, 6.07) is 14.1. The molecule has 1 fully saturated rings. The number of nitrogens with one attached hydrogen (secondary N) is 1. The molecule has 174 valence electrons. The summed E-state index contributed by atoms with van der Waals surface area (Å²) >= 11 is 0. The van der Waals surface area contributed by atoms with Crippen molar-refractivity contribution in [1.29, 1.82) is 0 Å². The average molecular weight is 493 g/mol. The standard InChI is InChI=1S/C22H20N4O5.2ClH/c1-23-22(10-11-22)14-31-19-12-20(15-2-6-17(7-3-15)25(27)28)21(24-13-19)16-4-8-18(9-5-16)26(29)30;;/h2-9,12-13,23H,10-11,14H2,1H3;2*1H. The van der Waals surface area contributed by atoms with E-state index in [1.807, 2.05) is 13.1 Å². The van der Waals surface area contributed by atoms with Gasteiger partial charge < -0.3 is 10.1 Å². The summed E-state index contributed by atoms with van der Waals surface area (Å²) < 4.78 is 5.97. The first kappa shape index (κ1) is 26.0. The van der Waals surface area contributed by atoms with Gasteiger partial charge in [-0.1, -0.05) is 0 Å². The monoisotopic (exact) mass is 492 g/mol. The number of likely N-dealkylation sites (N-methyl/N-ethyl adjacent to an activating group) is 1. The summed E-state index contributed by atoms with van der Waals surface area (Å²) in [5, 5.41) is 25.2. The van der Waals surface area contributed by atoms with E-state index in [1.165, 1.54) is 24.3 Å². The maximum Gasteiger partial charge on any atom is 0.269 e. The van der Waals surface area contributed by atoms with Gasteiger partial charge in [-0.2, -0.15) is 0 Å². The number of benzene rings is 2. The van der Waals surface area contributed by atoms with Gasteiger partial charge in [0.15, 0.2) is 0 Å². The van der Waals surface area contributed by atoms with Gasteiger partial charge in [-0.05, 0) is 55.8 Å². The van der Waals surface area contributed by atoms with Crippen LogP contribution in [-0.4, -0.2) is 34.0 Å². The predicted octanol–water partition coefficient (Wildman–Crippen LogP) is 5.21. The Hall–Kier alpha value is -3.27. The molecule has 0 atom stereocenters. The van der Waals surface area contributed by atoms with Crippen molar-refractivity contribution < 1.29 is 14.6 Å². The Kier molecular flexibility index (Phi) is 8.32. The lowest BCUT2D eigenvalue weighted by Gasteiger charge is -2.17. The predicted molar refractivity (Wildman–Crippen MR) is 129 cm³/mol. The zero-order valence-electron chi connectivity index (χ0n) is 17.6. The minimum Gasteiger partial charge on any atom is -0.490 e. The fourth-order valence-corrected chi connectivity index (χ4v) is 3.32. The average Bonchev–Trinajstić information content (AvgIpc) is 3.58. The van der Waals surface area contributed by atoms with Crippen LogP contribution >= 0.6 is 24.8 Å². The van der Waals surface area contributed by atoms with Crippen molar-refractivity contribution in [3.8, 4) is 28.1 Å². The normalized spacial score (nSPS) is 13.2. The second kappa shape index (κ2) is 10.6. The molecule has 0 bridgehead atoms. The summed E-state index contributed by atoms with van der Waals surface area (Å²) in [5.41, 5.74) is 2.73. The fourth-order valence-electron chi connectivity index (χ4n) is 3.32. The first-order valence-electron chi connectivity index (χ1n) is 9.72. The van der Waals surface area contributed by atoms with E-state index in [2.05, 4.69) is 10.3 Å². The van der Waals surface area contributed by atoms with Crippen molar-refractivity contribution in [2.45, 2.75) is 18.4 Å². The van der Waals surface area contributed by atoms with Crippen LogP contribution in [0.5, 0.6) is 5.75 Å². The highest BCUT2D eigenvalue weighted by Gasteiger charge is 2.41. The highest BCUT2D eigenvalue weighted by molar-refractivity contribution is 5.85. The van der Waals surface area contributed by atoms with Gasteiger partial charge in [-0.15, -0.1) is 24.8 Å². The number of aromatic nitrogens is 1. The molecule has 1 aliphatic carbocycles. The maximum atomic E-state index is 11.0. The third kappa shape index (κ3) is 5.75. The number of nitro groups is 2. The van der Waals surface area contributed by atoms with Crippen LogP contribution in [0.4, 0.5) is 11.4 Å². The Bertz CT molecular complexity index is 1140. The maximum absolute atomic E-state index is 11.0. The van der Waals surface area contributed by atoms with E-state index in [0.717, 1.165) is 24.0 Å². The lowest BCUT2D eigenvalue weighted by Crippen LogP contribution is -2.33. The van der Waals surface area contributed by atoms with Crippen LogP contribution in [-0.2, 0) is 0 Å². The molecule has 9 nitrogen and oxygen atoms in total. The van der Waals surface area contributed by atoms with Gasteiger partial charge in [0, 0.05) is 35.4 Å². The van der Waals surface area contributed by atoms with Gasteiger partial charge in [-0.3, -0.25) is 25.2 Å². The van der Waals surface area contributed by atoms with E-state index in [1.54, 1.807) is 30.5 Å². The number of non-ortho nitro benzene ring substituents is 2. The van der Waals surface area contributed by atoms with Crippen molar-refractivity contribution in [3.05, 3.63) is 81.0 Å². The zero-order chi connectivity index (χ0) is 22.0. The molecule has 1 heterocycles. The van der Waals surface area contributed by atoms with Crippen LogP contribution < -0.4 is 10.1 Å². The molecule has 1 N–H and O–H groups in total. The molecule has 0 aliphatic heterocycles. The number of rotatable bonds is 8. The fraction of sp³-hybridized carbons (Fsp3) is 0.227. The largest absolute Gasteiger partial charge is 0.490 e. The van der Waals surface area contributed by atoms with E-state index in [0.29, 0.717) is 23.6 Å². The highest BCUT2D eigenvalue weighted by Crippen LogP contribution is 2.37. The lowest BCUT2D eigenvalue weighted by molar-refractivity contribution is -0.385. The van der Waals surface area contributed by atoms with Gasteiger partial charge >= 0.3 is 0 Å². The Labute approximate surface area is 202 Å². The van der Waals surface area contributed by atoms with Crippen molar-refractivity contribution >= 4 is 36.2 Å². The molecule has 11 heteroatoms. The molecule has 0 radical (unpaired) electrons. The van der Waals surface area contributed by atoms with Crippen LogP contribution in [0.25, 0.3) is 22.4 Å². The third-order valence-electron chi connectivity index (χ3n) is 5.50. The summed E-state index contributed by atoms with van der Waals surface area (Å²) in [7, 11) is 1.91. The molecule has 2 aromatic carbocycles. The van der Waals surface area contributed by atoms with Crippen LogP contribution in [0.15, 0.2) is 60.8 Å². The topological polar surface area (TPSA) is 120 Å². The smallest absolute Gasteiger partial charge is 0.269 e. The molecular weight excluding hydrogens is 471 g/mol. The van der Waals surface area contributed by atoms with Gasteiger partial charge in [0.1, 0.15) is 12.4 Å². The van der Waals surface area contributed by atoms with Crippen molar-refractivity contribution in [3.63, 3.8) is 0 Å². The van der Waals surface area contributed by atoms with E-state index < -0.39 is 9.85 Å². The molecule has 3 aromatic rings. The van der Waals surface area contributed by atoms with Gasteiger partial charge in [0.25, 0.3) is 11.4 Å². The molecule has 0 spiro atoms. The summed E-state index contributed by atoms with van der Waals surface area (Å²) in [5.74, 6) is 0.584. The number of pyridine rings is 1. The van der Waals surface area contributed by atoms with Gasteiger partial charge in [0.05, 0.1) is 27.3 Å².